The van der Waals surface area contributed by atoms with Gasteiger partial charge in [-0.1, -0.05) is 20.8 Å². The van der Waals surface area contributed by atoms with Crippen LogP contribution in [0.3, 0.4) is 0 Å². The van der Waals surface area contributed by atoms with Gasteiger partial charge in [-0.25, -0.2) is 4.57 Å². The molecule has 0 radical (unpaired) electrons. The second-order valence-electron chi connectivity index (χ2n) is 2.95. The summed E-state index contributed by atoms with van der Waals surface area (Å²) < 4.78 is 27.8. The van der Waals surface area contributed by atoms with Crippen molar-refractivity contribution in [1.29, 1.82) is 0 Å². The van der Waals surface area contributed by atoms with Crippen molar-refractivity contribution in [2.24, 2.45) is 0 Å². The minimum Gasteiger partial charge on any atom is -0.339 e. The predicted octanol–water partition coefficient (Wildman–Crippen LogP) is 0.710. The molecule has 0 heterocycles. The van der Waals surface area contributed by atoms with Gasteiger partial charge >= 0.3 is 7.82 Å². The van der Waals surface area contributed by atoms with E-state index in [4.69, 9.17) is 12.6 Å². The summed E-state index contributed by atoms with van der Waals surface area (Å²) in [5.74, 6) is 0. The molecule has 0 aromatic heterocycles. The molecule has 0 unspecified atom stereocenters. The average molecular weight is 272 g/mol. The van der Waals surface area contributed by atoms with E-state index in [1.54, 1.807) is 0 Å². The summed E-state index contributed by atoms with van der Waals surface area (Å²) in [4.78, 5) is 0. The maximum absolute atomic E-state index is 11.9. The van der Waals surface area contributed by atoms with Gasteiger partial charge in [0.25, 0.3) is 0 Å². The molecule has 0 bridgehead atoms. The van der Waals surface area contributed by atoms with Gasteiger partial charge in [-0.15, -0.1) is 0 Å². The van der Waals surface area contributed by atoms with Crippen LogP contribution < -0.4 is 0 Å². The van der Waals surface area contributed by atoms with Crippen molar-refractivity contribution in [3.63, 3.8) is 0 Å². The van der Waals surface area contributed by atoms with Crippen LogP contribution in [0.15, 0.2) is 0 Å². The largest absolute Gasteiger partial charge is 0.443 e. The third kappa shape index (κ3) is 7.11. The summed E-state index contributed by atoms with van der Waals surface area (Å²) >= 11 is 0. The highest BCUT2D eigenvalue weighted by Crippen LogP contribution is 2.48. The van der Waals surface area contributed by atoms with Crippen molar-refractivity contribution in [3.05, 3.63) is 0 Å². The Morgan fingerprint density at radius 2 is 1.14 bits per heavy atom. The van der Waals surface area contributed by atoms with E-state index in [0.717, 1.165) is 18.1 Å². The van der Waals surface area contributed by atoms with Gasteiger partial charge in [-0.3, -0.25) is 0 Å². The third-order valence-electron chi connectivity index (χ3n) is 1.36. The molecular formula is C6H21O4PSi3. The minimum absolute atomic E-state index is 0.707. The lowest BCUT2D eigenvalue weighted by Gasteiger charge is -2.18. The summed E-state index contributed by atoms with van der Waals surface area (Å²) in [6, 6.07) is 2.91. The number of hydrogen-bond donors (Lipinski definition) is 0. The van der Waals surface area contributed by atoms with Crippen molar-refractivity contribution in [2.45, 2.75) is 38.9 Å². The first-order valence-corrected chi connectivity index (χ1v) is 11.4. The fraction of sp³-hybridized carbons (Fsp3) is 1.00. The van der Waals surface area contributed by atoms with E-state index < -0.39 is 37.1 Å². The molecule has 0 saturated heterocycles. The Kier molecular flexibility index (Phi) is 9.51. The van der Waals surface area contributed by atoms with Gasteiger partial charge < -0.3 is 12.6 Å². The van der Waals surface area contributed by atoms with Gasteiger partial charge in [-0.2, -0.15) is 0 Å². The maximum Gasteiger partial charge on any atom is 0.443 e. The molecule has 0 aliphatic rings. The topological polar surface area (TPSA) is 44.8 Å². The Morgan fingerprint density at radius 3 is 1.36 bits per heavy atom. The van der Waals surface area contributed by atoms with E-state index in [1.807, 2.05) is 20.8 Å². The maximum atomic E-state index is 11.9. The molecule has 0 fully saturated rings. The fourth-order valence-electron chi connectivity index (χ4n) is 0.721. The zero-order valence-corrected chi connectivity index (χ0v) is 14.5. The fourth-order valence-corrected chi connectivity index (χ4v) is 8.50. The second kappa shape index (κ2) is 9.02. The summed E-state index contributed by atoms with van der Waals surface area (Å²) in [6.07, 6.45) is 0. The van der Waals surface area contributed by atoms with Crippen LogP contribution in [0.25, 0.3) is 0 Å². The summed E-state index contributed by atoms with van der Waals surface area (Å²) in [6.45, 7) is 6.10. The van der Waals surface area contributed by atoms with Crippen LogP contribution in [-0.2, 0) is 17.2 Å². The van der Waals surface area contributed by atoms with Gasteiger partial charge in [0, 0.05) is 0 Å². The quantitative estimate of drug-likeness (QED) is 0.458. The molecule has 0 atom stereocenters. The highest BCUT2D eigenvalue weighted by atomic mass is 31.2. The molecule has 14 heavy (non-hydrogen) atoms. The van der Waals surface area contributed by atoms with Crippen LogP contribution in [-0.4, -0.2) is 29.3 Å². The van der Waals surface area contributed by atoms with Crippen LogP contribution in [0.2, 0.25) is 18.1 Å². The first-order valence-electron chi connectivity index (χ1n) is 5.22. The SMILES string of the molecule is CC[SiH2]OP(=O)(O[SiH2]CC)O[SiH2]CC. The minimum atomic E-state index is -3.08. The van der Waals surface area contributed by atoms with Gasteiger partial charge in [0.05, 0.1) is 0 Å². The lowest BCUT2D eigenvalue weighted by molar-refractivity contribution is 0.315. The van der Waals surface area contributed by atoms with Crippen molar-refractivity contribution < 1.29 is 17.2 Å². The molecule has 0 aliphatic carbocycles. The molecule has 86 valence electrons. The highest BCUT2D eigenvalue weighted by molar-refractivity contribution is 7.51. The summed E-state index contributed by atoms with van der Waals surface area (Å²) in [7, 11) is -5.20. The van der Waals surface area contributed by atoms with Gasteiger partial charge in [0.2, 0.25) is 0 Å². The van der Waals surface area contributed by atoms with Crippen LogP contribution in [0.5, 0.6) is 0 Å². The first kappa shape index (κ1) is 14.8. The van der Waals surface area contributed by atoms with E-state index >= 15 is 0 Å². The number of rotatable bonds is 9. The van der Waals surface area contributed by atoms with Crippen LogP contribution in [0.4, 0.5) is 0 Å². The van der Waals surface area contributed by atoms with Crippen molar-refractivity contribution in [1.82, 2.24) is 0 Å². The molecule has 0 aliphatic heterocycles. The monoisotopic (exact) mass is 272 g/mol. The Bertz CT molecular complexity index is 152. The van der Waals surface area contributed by atoms with Crippen LogP contribution >= 0.6 is 7.82 Å². The van der Waals surface area contributed by atoms with Crippen molar-refractivity contribution >= 4 is 37.1 Å². The molecule has 8 heteroatoms. The lowest BCUT2D eigenvalue weighted by Crippen LogP contribution is -2.07. The standard InChI is InChI=1S/C6H21O4PSi3/c1-4-12-8-11(7,9-13-5-2)10-14-6-3/h4-6,12-14H2,1-3H3. The Balaban J connectivity index is 3.97. The predicted molar refractivity (Wildman–Crippen MR) is 67.9 cm³/mol. The highest BCUT2D eigenvalue weighted by Gasteiger charge is 2.23. The van der Waals surface area contributed by atoms with E-state index in [9.17, 15) is 4.57 Å². The first-order chi connectivity index (χ1) is 6.68. The third-order valence-corrected chi connectivity index (χ3v) is 8.57. The molecule has 0 aromatic carbocycles. The van der Waals surface area contributed by atoms with Crippen LogP contribution in [0.1, 0.15) is 20.8 Å². The molecule has 0 saturated carbocycles. The van der Waals surface area contributed by atoms with E-state index in [-0.39, 0.29) is 0 Å². The lowest BCUT2D eigenvalue weighted by atomic mass is 11.0. The molecule has 0 amide bonds. The van der Waals surface area contributed by atoms with E-state index in [2.05, 4.69) is 0 Å². The van der Waals surface area contributed by atoms with E-state index in [1.165, 1.54) is 0 Å². The zero-order valence-electron chi connectivity index (χ0n) is 9.32. The number of phosphoric acid groups is 1. The van der Waals surface area contributed by atoms with Gasteiger partial charge in [0.15, 0.2) is 29.3 Å². The Labute approximate surface area is 93.5 Å². The Morgan fingerprint density at radius 1 is 0.857 bits per heavy atom. The molecule has 0 rings (SSSR count). The normalized spacial score (nSPS) is 17.9. The molecule has 4 nitrogen and oxygen atoms in total. The molecule has 0 spiro atoms. The summed E-state index contributed by atoms with van der Waals surface area (Å²) in [5, 5.41) is 0. The van der Waals surface area contributed by atoms with Crippen molar-refractivity contribution in [3.8, 4) is 0 Å². The number of hydrogen-bond acceptors (Lipinski definition) is 4. The molecular weight excluding hydrogens is 251 g/mol. The smallest absolute Gasteiger partial charge is 0.339 e. The molecule has 0 aromatic rings. The zero-order chi connectivity index (χ0) is 10.9. The van der Waals surface area contributed by atoms with E-state index in [0.29, 0.717) is 0 Å². The average Bonchev–Trinajstić information content (AvgIpc) is 2.21. The van der Waals surface area contributed by atoms with Crippen LogP contribution in [0, 0.1) is 0 Å². The second-order valence-corrected chi connectivity index (χ2v) is 11.2. The molecule has 0 N–H and O–H groups in total. The Hall–Kier alpha value is 0.761. The van der Waals surface area contributed by atoms with Crippen molar-refractivity contribution in [2.75, 3.05) is 0 Å². The summed E-state index contributed by atoms with van der Waals surface area (Å²) in [5.41, 5.74) is 0. The van der Waals surface area contributed by atoms with Gasteiger partial charge in [0.1, 0.15) is 0 Å². The van der Waals surface area contributed by atoms with Gasteiger partial charge in [-0.05, 0) is 18.1 Å².